The predicted octanol–water partition coefficient (Wildman–Crippen LogP) is 2.18. The third kappa shape index (κ3) is 2.42. The minimum absolute atomic E-state index is 0.882. The van der Waals surface area contributed by atoms with Gasteiger partial charge in [0.1, 0.15) is 5.94 Å². The molecule has 1 aliphatic rings. The van der Waals surface area contributed by atoms with Gasteiger partial charge in [-0.25, -0.2) is 4.79 Å². The van der Waals surface area contributed by atoms with Gasteiger partial charge in [0.15, 0.2) is 16.6 Å². The van der Waals surface area contributed by atoms with E-state index in [1.54, 1.807) is 0 Å². The molecule has 12 heavy (non-hydrogen) atoms. The Morgan fingerprint density at radius 2 is 1.58 bits per heavy atom. The smallest absolute Gasteiger partial charge is 0.178 e. The Morgan fingerprint density at radius 1 is 1.17 bits per heavy atom. The maximum Gasteiger partial charge on any atom is 0.178 e. The van der Waals surface area contributed by atoms with Gasteiger partial charge in [-0.3, -0.25) is 0 Å². The molecule has 0 N–H and O–H groups in total. The lowest BCUT2D eigenvalue weighted by molar-refractivity contribution is 0.528. The molecule has 1 fully saturated rings. The van der Waals surface area contributed by atoms with Crippen LogP contribution in [0.1, 0.15) is 0 Å². The van der Waals surface area contributed by atoms with Crippen LogP contribution in [-0.2, 0) is 8.91 Å². The minimum atomic E-state index is -1.55. The van der Waals surface area contributed by atoms with E-state index in [0.29, 0.717) is 0 Å². The van der Waals surface area contributed by atoms with Gasteiger partial charge < -0.3 is 4.12 Å². The number of allylic oxidation sites excluding steroid dienone is 1. The van der Waals surface area contributed by atoms with Crippen molar-refractivity contribution in [1.29, 1.82) is 0 Å². The van der Waals surface area contributed by atoms with Crippen LogP contribution < -0.4 is 0 Å². The van der Waals surface area contributed by atoms with Crippen LogP contribution in [0.3, 0.4) is 0 Å². The average molecular weight is 200 g/mol. The van der Waals surface area contributed by atoms with E-state index >= 15 is 0 Å². The maximum absolute atomic E-state index is 10.6. The van der Waals surface area contributed by atoms with E-state index in [1.165, 1.54) is 0 Å². The molecule has 1 aliphatic heterocycles. The lowest BCUT2D eigenvalue weighted by Gasteiger charge is -2.39. The van der Waals surface area contributed by atoms with Gasteiger partial charge in [0.2, 0.25) is 0 Å². The first-order chi connectivity index (χ1) is 5.35. The molecule has 68 valence electrons. The lowest BCUT2D eigenvalue weighted by atomic mass is 10.4. The first-order valence-corrected chi connectivity index (χ1v) is 10.5. The molecule has 1 rings (SSSR count). The van der Waals surface area contributed by atoms with E-state index in [4.69, 9.17) is 4.12 Å². The van der Waals surface area contributed by atoms with E-state index < -0.39 is 16.6 Å². The summed E-state index contributed by atoms with van der Waals surface area (Å²) in [6, 6.07) is 1.76. The molecule has 0 aromatic carbocycles. The first-order valence-electron chi connectivity index (χ1n) is 4.28. The molecule has 4 heteroatoms. The van der Waals surface area contributed by atoms with Crippen LogP contribution in [0.15, 0.2) is 5.57 Å². The second-order valence-electron chi connectivity index (χ2n) is 4.68. The fourth-order valence-corrected chi connectivity index (χ4v) is 11.2. The predicted molar refractivity (Wildman–Crippen MR) is 54.9 cm³/mol. The standard InChI is InChI=1S/C8H16O2Si2/c1-11(2)6-8(5-9)7-12(3,4)10-11/h6-7H2,1-4H3. The topological polar surface area (TPSA) is 26.3 Å². The van der Waals surface area contributed by atoms with Crippen molar-refractivity contribution in [2.24, 2.45) is 0 Å². The first kappa shape index (κ1) is 9.93. The van der Waals surface area contributed by atoms with E-state index in [2.05, 4.69) is 32.1 Å². The Morgan fingerprint density at radius 3 is 1.92 bits per heavy atom. The van der Waals surface area contributed by atoms with Crippen LogP contribution in [0, 0.1) is 0 Å². The van der Waals surface area contributed by atoms with Crippen molar-refractivity contribution >= 4 is 22.6 Å². The highest BCUT2D eigenvalue weighted by Gasteiger charge is 2.40. The molecule has 1 heterocycles. The SMILES string of the molecule is C[Si]1(C)CC(=C=O)C[Si](C)(C)O1. The van der Waals surface area contributed by atoms with Crippen molar-refractivity contribution in [3.8, 4) is 0 Å². The highest BCUT2D eigenvalue weighted by atomic mass is 28.4. The lowest BCUT2D eigenvalue weighted by Crippen LogP contribution is -2.48. The maximum atomic E-state index is 10.6. The largest absolute Gasteiger partial charge is 0.455 e. The van der Waals surface area contributed by atoms with Crippen molar-refractivity contribution in [3.63, 3.8) is 0 Å². The molecule has 0 aliphatic carbocycles. The molecule has 1 saturated heterocycles. The minimum Gasteiger partial charge on any atom is -0.455 e. The molecule has 0 aromatic heterocycles. The monoisotopic (exact) mass is 200 g/mol. The van der Waals surface area contributed by atoms with E-state index in [0.717, 1.165) is 17.7 Å². The fourth-order valence-electron chi connectivity index (χ4n) is 1.98. The molecule has 0 spiro atoms. The Bertz CT molecular complexity index is 221. The van der Waals surface area contributed by atoms with Gasteiger partial charge in [-0.15, -0.1) is 0 Å². The van der Waals surface area contributed by atoms with Crippen molar-refractivity contribution in [3.05, 3.63) is 5.57 Å². The summed E-state index contributed by atoms with van der Waals surface area (Å²) in [4.78, 5) is 10.6. The van der Waals surface area contributed by atoms with Crippen molar-refractivity contribution in [2.75, 3.05) is 0 Å². The summed E-state index contributed by atoms with van der Waals surface area (Å²) in [5.74, 6) is 2.07. The van der Waals surface area contributed by atoms with Crippen molar-refractivity contribution in [2.45, 2.75) is 38.3 Å². The van der Waals surface area contributed by atoms with Crippen LogP contribution in [0.2, 0.25) is 38.3 Å². The van der Waals surface area contributed by atoms with Crippen LogP contribution >= 0.6 is 0 Å². The van der Waals surface area contributed by atoms with E-state index in [1.807, 2.05) is 0 Å². The second kappa shape index (κ2) is 2.96. The third-order valence-electron chi connectivity index (χ3n) is 1.98. The summed E-state index contributed by atoms with van der Waals surface area (Å²) < 4.78 is 6.07. The Hall–Kier alpha value is -0.156. The second-order valence-corrected chi connectivity index (χ2v) is 13.2. The van der Waals surface area contributed by atoms with Gasteiger partial charge in [-0.1, -0.05) is 0 Å². The summed E-state index contributed by atoms with van der Waals surface area (Å²) in [7, 11) is -3.10. The van der Waals surface area contributed by atoms with Crippen molar-refractivity contribution < 1.29 is 8.91 Å². The summed E-state index contributed by atoms with van der Waals surface area (Å²) in [5, 5.41) is 0. The molecule has 0 saturated carbocycles. The number of rotatable bonds is 0. The molecule has 0 amide bonds. The van der Waals surface area contributed by atoms with Gasteiger partial charge >= 0.3 is 0 Å². The zero-order valence-corrected chi connectivity index (χ0v) is 10.2. The molecular formula is C8H16O2Si2. The van der Waals surface area contributed by atoms with E-state index in [9.17, 15) is 4.79 Å². The molecular weight excluding hydrogens is 184 g/mol. The molecule has 0 aromatic rings. The molecule has 0 bridgehead atoms. The van der Waals surface area contributed by atoms with Crippen LogP contribution in [0.25, 0.3) is 0 Å². The summed E-state index contributed by atoms with van der Waals surface area (Å²) >= 11 is 0. The molecule has 0 unspecified atom stereocenters. The van der Waals surface area contributed by atoms with Gasteiger partial charge in [0.25, 0.3) is 0 Å². The summed E-state index contributed by atoms with van der Waals surface area (Å²) in [6.07, 6.45) is 0. The highest BCUT2D eigenvalue weighted by Crippen LogP contribution is 2.33. The Balaban J connectivity index is 2.87. The fraction of sp³-hybridized carbons (Fsp3) is 0.750. The number of hydrogen-bond donors (Lipinski definition) is 0. The van der Waals surface area contributed by atoms with Gasteiger partial charge in [0, 0.05) is 5.57 Å². The van der Waals surface area contributed by atoms with Crippen molar-refractivity contribution in [1.82, 2.24) is 0 Å². The summed E-state index contributed by atoms with van der Waals surface area (Å²) in [6.45, 7) is 8.72. The zero-order valence-electron chi connectivity index (χ0n) is 8.23. The third-order valence-corrected chi connectivity index (χ3v) is 8.95. The Labute approximate surface area is 75.9 Å². The molecule has 0 atom stereocenters. The highest BCUT2D eigenvalue weighted by molar-refractivity contribution is 6.87. The Kier molecular flexibility index (Phi) is 2.45. The summed E-state index contributed by atoms with van der Waals surface area (Å²) in [5.41, 5.74) is 0.967. The van der Waals surface area contributed by atoms with E-state index in [-0.39, 0.29) is 0 Å². The quantitative estimate of drug-likeness (QED) is 0.442. The molecule has 0 radical (unpaired) electrons. The van der Waals surface area contributed by atoms with Gasteiger partial charge in [-0.2, -0.15) is 0 Å². The van der Waals surface area contributed by atoms with Gasteiger partial charge in [-0.05, 0) is 38.3 Å². The number of carbonyl (C=O) groups excluding carboxylic acids is 1. The van der Waals surface area contributed by atoms with Crippen LogP contribution in [-0.4, -0.2) is 22.6 Å². The normalized spacial score (nSPS) is 26.5. The van der Waals surface area contributed by atoms with Crippen LogP contribution in [0.5, 0.6) is 0 Å². The molecule has 2 nitrogen and oxygen atoms in total. The average Bonchev–Trinajstić information content (AvgIpc) is 1.80. The van der Waals surface area contributed by atoms with Crippen LogP contribution in [0.4, 0.5) is 0 Å². The van der Waals surface area contributed by atoms with Gasteiger partial charge in [0.05, 0.1) is 0 Å². The number of hydrogen-bond acceptors (Lipinski definition) is 2. The zero-order chi connectivity index (χ0) is 9.41.